The highest BCUT2D eigenvalue weighted by Gasteiger charge is 2.28. The van der Waals surface area contributed by atoms with E-state index in [0.29, 0.717) is 28.1 Å². The number of methoxy groups -OCH3 is 2. The molecule has 1 aliphatic heterocycles. The number of halogens is 1. The van der Waals surface area contributed by atoms with Crippen molar-refractivity contribution in [3.63, 3.8) is 0 Å². The molecule has 1 aromatic carbocycles. The molecule has 1 saturated heterocycles. The number of benzene rings is 1. The first-order chi connectivity index (χ1) is 10.0. The molecule has 1 amide bonds. The van der Waals surface area contributed by atoms with E-state index in [0.717, 1.165) is 5.56 Å². The lowest BCUT2D eigenvalue weighted by molar-refractivity contribution is -0.134. The van der Waals surface area contributed by atoms with E-state index in [9.17, 15) is 9.59 Å². The third-order valence-electron chi connectivity index (χ3n) is 2.92. The Kier molecular flexibility index (Phi) is 5.14. The molecule has 0 radical (unpaired) electrons. The summed E-state index contributed by atoms with van der Waals surface area (Å²) < 4.78 is 9.87. The van der Waals surface area contributed by atoms with Crippen molar-refractivity contribution in [2.24, 2.45) is 0 Å². The van der Waals surface area contributed by atoms with Crippen molar-refractivity contribution in [1.29, 1.82) is 0 Å². The van der Waals surface area contributed by atoms with Gasteiger partial charge in [-0.25, -0.2) is 4.79 Å². The molecule has 112 valence electrons. The van der Waals surface area contributed by atoms with Gasteiger partial charge in [0.1, 0.15) is 5.75 Å². The van der Waals surface area contributed by atoms with Gasteiger partial charge in [0, 0.05) is 10.6 Å². The second kappa shape index (κ2) is 6.87. The van der Waals surface area contributed by atoms with E-state index in [1.807, 2.05) is 0 Å². The highest BCUT2D eigenvalue weighted by Crippen LogP contribution is 2.33. The van der Waals surface area contributed by atoms with Crippen molar-refractivity contribution in [3.05, 3.63) is 39.9 Å². The van der Waals surface area contributed by atoms with Crippen LogP contribution in [0.5, 0.6) is 5.75 Å². The van der Waals surface area contributed by atoms with Gasteiger partial charge >= 0.3 is 5.97 Å². The molecule has 1 aliphatic rings. The fourth-order valence-electron chi connectivity index (χ4n) is 1.90. The molecule has 0 saturated carbocycles. The quantitative estimate of drug-likeness (QED) is 0.628. The van der Waals surface area contributed by atoms with Gasteiger partial charge in [-0.15, -0.1) is 0 Å². The van der Waals surface area contributed by atoms with Crippen LogP contribution in [0.4, 0.5) is 0 Å². The molecular weight excluding hydrogens is 314 g/mol. The number of ether oxygens (including phenoxy) is 2. The minimum absolute atomic E-state index is 0.0721. The van der Waals surface area contributed by atoms with Gasteiger partial charge in [0.2, 0.25) is 5.91 Å². The average molecular weight is 328 g/mol. The van der Waals surface area contributed by atoms with E-state index in [1.54, 1.807) is 25.3 Å². The zero-order chi connectivity index (χ0) is 15.4. The molecule has 0 atom stereocenters. The number of thioether (sulfide) groups is 1. The first-order valence-electron chi connectivity index (χ1n) is 6.10. The van der Waals surface area contributed by atoms with E-state index in [4.69, 9.17) is 16.3 Å². The summed E-state index contributed by atoms with van der Waals surface area (Å²) in [6.07, 6.45) is 1.31. The minimum atomic E-state index is -0.491. The molecule has 1 aromatic rings. The lowest BCUT2D eigenvalue weighted by atomic mass is 10.2. The Bertz CT molecular complexity index is 603. The van der Waals surface area contributed by atoms with Crippen molar-refractivity contribution >= 4 is 35.2 Å². The molecule has 7 heteroatoms. The van der Waals surface area contributed by atoms with Gasteiger partial charge in [0.15, 0.2) is 0 Å². The van der Waals surface area contributed by atoms with Crippen molar-refractivity contribution in [3.8, 4) is 5.75 Å². The molecule has 0 unspecified atom stereocenters. The summed E-state index contributed by atoms with van der Waals surface area (Å²) in [5.41, 5.74) is 0.775. The predicted molar refractivity (Wildman–Crippen MR) is 81.1 cm³/mol. The van der Waals surface area contributed by atoms with Crippen molar-refractivity contribution in [1.82, 2.24) is 4.90 Å². The third-order valence-corrected chi connectivity index (χ3v) is 4.18. The van der Waals surface area contributed by atoms with Gasteiger partial charge in [-0.3, -0.25) is 4.79 Å². The first kappa shape index (κ1) is 15.7. The van der Waals surface area contributed by atoms with Gasteiger partial charge in [-0.05, 0) is 18.2 Å². The molecule has 0 spiro atoms. The molecule has 0 N–H and O–H groups in total. The van der Waals surface area contributed by atoms with E-state index < -0.39 is 5.97 Å². The van der Waals surface area contributed by atoms with Crippen LogP contribution in [-0.2, 0) is 20.9 Å². The number of nitrogens with zero attached hydrogens (tertiary/aromatic N) is 1. The van der Waals surface area contributed by atoms with Crippen LogP contribution in [0.1, 0.15) is 5.56 Å². The smallest absolute Gasteiger partial charge is 0.333 e. The maximum absolute atomic E-state index is 12.0. The van der Waals surface area contributed by atoms with Gasteiger partial charge < -0.3 is 14.4 Å². The maximum atomic E-state index is 12.0. The van der Waals surface area contributed by atoms with E-state index in [1.165, 1.54) is 29.8 Å². The summed E-state index contributed by atoms with van der Waals surface area (Å²) in [5.74, 6) is 0.375. The predicted octanol–water partition coefficient (Wildman–Crippen LogP) is 2.44. The summed E-state index contributed by atoms with van der Waals surface area (Å²) in [7, 11) is 2.85. The molecule has 0 aliphatic carbocycles. The monoisotopic (exact) mass is 327 g/mol. The molecule has 0 bridgehead atoms. The molecule has 21 heavy (non-hydrogen) atoms. The summed E-state index contributed by atoms with van der Waals surface area (Å²) in [6.45, 7) is 0.290. The van der Waals surface area contributed by atoms with Crippen molar-refractivity contribution < 1.29 is 19.1 Å². The normalized spacial score (nSPS) is 16.4. The number of hydrogen-bond acceptors (Lipinski definition) is 5. The molecule has 1 heterocycles. The summed E-state index contributed by atoms with van der Waals surface area (Å²) in [4.78, 5) is 24.9. The van der Waals surface area contributed by atoms with Gasteiger partial charge in [0.05, 0.1) is 37.6 Å². The fraction of sp³-hybridized carbons (Fsp3) is 0.286. The van der Waals surface area contributed by atoms with Crippen LogP contribution in [0.25, 0.3) is 0 Å². The Morgan fingerprint density at radius 2 is 2.24 bits per heavy atom. The number of carbonyl (C=O) groups excluding carboxylic acids is 2. The maximum Gasteiger partial charge on any atom is 0.333 e. The number of esters is 1. The molecule has 0 aromatic heterocycles. The van der Waals surface area contributed by atoms with Crippen LogP contribution >= 0.6 is 23.4 Å². The number of amides is 1. The zero-order valence-electron chi connectivity index (χ0n) is 11.6. The van der Waals surface area contributed by atoms with Crippen molar-refractivity contribution in [2.75, 3.05) is 20.0 Å². The second-order valence-electron chi connectivity index (χ2n) is 4.23. The minimum Gasteiger partial charge on any atom is -0.496 e. The van der Waals surface area contributed by atoms with E-state index in [2.05, 4.69) is 4.74 Å². The second-order valence-corrected chi connectivity index (χ2v) is 5.66. The SMILES string of the molecule is COC(=O)/C=C1/SCC(=O)N1Cc1cc(Cl)ccc1OC. The Hall–Kier alpha value is -1.66. The lowest BCUT2D eigenvalue weighted by Gasteiger charge is -2.18. The summed E-state index contributed by atoms with van der Waals surface area (Å²) >= 11 is 7.29. The van der Waals surface area contributed by atoms with E-state index in [-0.39, 0.29) is 5.91 Å². The van der Waals surface area contributed by atoms with Crippen LogP contribution in [0.3, 0.4) is 0 Å². The van der Waals surface area contributed by atoms with Gasteiger partial charge in [0.25, 0.3) is 0 Å². The first-order valence-corrected chi connectivity index (χ1v) is 7.46. The van der Waals surface area contributed by atoms with Crippen LogP contribution in [0.15, 0.2) is 29.3 Å². The van der Waals surface area contributed by atoms with Crippen LogP contribution in [0.2, 0.25) is 5.02 Å². The number of hydrogen-bond donors (Lipinski definition) is 0. The lowest BCUT2D eigenvalue weighted by Crippen LogP contribution is -2.24. The van der Waals surface area contributed by atoms with Crippen LogP contribution in [-0.4, -0.2) is 36.7 Å². The van der Waals surface area contributed by atoms with Gasteiger partial charge in [-0.2, -0.15) is 0 Å². The summed E-state index contributed by atoms with van der Waals surface area (Å²) in [5, 5.41) is 1.12. The van der Waals surface area contributed by atoms with Crippen molar-refractivity contribution in [2.45, 2.75) is 6.54 Å². The molecule has 5 nitrogen and oxygen atoms in total. The topological polar surface area (TPSA) is 55.8 Å². The molecular formula is C14H14ClNO4S. The Morgan fingerprint density at radius 3 is 2.90 bits per heavy atom. The third kappa shape index (κ3) is 3.71. The Labute approximate surface area is 131 Å². The zero-order valence-corrected chi connectivity index (χ0v) is 13.2. The number of carbonyl (C=O) groups is 2. The highest BCUT2D eigenvalue weighted by molar-refractivity contribution is 8.04. The Morgan fingerprint density at radius 1 is 1.48 bits per heavy atom. The molecule has 2 rings (SSSR count). The van der Waals surface area contributed by atoms with Crippen LogP contribution < -0.4 is 4.74 Å². The highest BCUT2D eigenvalue weighted by atomic mass is 35.5. The number of rotatable bonds is 4. The summed E-state index contributed by atoms with van der Waals surface area (Å²) in [6, 6.07) is 5.21. The van der Waals surface area contributed by atoms with Gasteiger partial charge in [-0.1, -0.05) is 23.4 Å². The average Bonchev–Trinajstić information content (AvgIpc) is 2.80. The Balaban J connectivity index is 2.28. The standard InChI is InChI=1S/C14H14ClNO4S/c1-19-11-4-3-10(15)5-9(11)7-16-12(17)8-21-13(16)6-14(18)20-2/h3-6H,7-8H2,1-2H3/b13-6+. The van der Waals surface area contributed by atoms with Crippen LogP contribution in [0, 0.1) is 0 Å². The van der Waals surface area contributed by atoms with E-state index >= 15 is 0 Å². The fourth-order valence-corrected chi connectivity index (χ4v) is 3.02. The molecule has 1 fully saturated rings. The largest absolute Gasteiger partial charge is 0.496 e.